The molecule has 1 amide bonds. The molecule has 0 rings (SSSR count). The van der Waals surface area contributed by atoms with Crippen molar-refractivity contribution in [1.29, 1.82) is 0 Å². The standard InChI is InChI=1S/C7H16.CH3NO2/c1-3-5-7-6-4-2;2-1(3)4/h3-7H2,1-2H3;2H2,(H,3,4). The second kappa shape index (κ2) is 12.0. The zero-order valence-electron chi connectivity index (χ0n) is 7.47. The molecule has 0 bridgehead atoms. The second-order valence-electron chi connectivity index (χ2n) is 2.40. The maximum Gasteiger partial charge on any atom is 0.402 e. The van der Waals surface area contributed by atoms with Crippen molar-refractivity contribution in [3.8, 4) is 0 Å². The molecule has 0 unspecified atom stereocenters. The Labute approximate surface area is 68.6 Å². The Morgan fingerprint density at radius 2 is 1.45 bits per heavy atom. The van der Waals surface area contributed by atoms with Crippen LogP contribution in [0.5, 0.6) is 0 Å². The largest absolute Gasteiger partial charge is 0.465 e. The van der Waals surface area contributed by atoms with Crippen LogP contribution in [0.4, 0.5) is 4.79 Å². The molecule has 0 saturated heterocycles. The highest BCUT2D eigenvalue weighted by Crippen LogP contribution is 2.00. The number of primary amides is 1. The minimum atomic E-state index is -1.33. The van der Waals surface area contributed by atoms with Crippen LogP contribution in [0.2, 0.25) is 0 Å². The first-order chi connectivity index (χ1) is 5.15. The van der Waals surface area contributed by atoms with Gasteiger partial charge in [-0.3, -0.25) is 0 Å². The van der Waals surface area contributed by atoms with E-state index >= 15 is 0 Å². The summed E-state index contributed by atoms with van der Waals surface area (Å²) in [4.78, 5) is 8.78. The van der Waals surface area contributed by atoms with Crippen molar-refractivity contribution in [1.82, 2.24) is 0 Å². The summed E-state index contributed by atoms with van der Waals surface area (Å²) in [5.41, 5.74) is 4.03. The molecular weight excluding hydrogens is 142 g/mol. The monoisotopic (exact) mass is 161 g/mol. The molecule has 3 nitrogen and oxygen atoms in total. The maximum atomic E-state index is 8.78. The molecule has 68 valence electrons. The number of amides is 1. The number of hydrogen-bond acceptors (Lipinski definition) is 1. The predicted molar refractivity (Wildman–Crippen MR) is 46.6 cm³/mol. The molecule has 0 spiro atoms. The molecule has 3 heteroatoms. The summed E-state index contributed by atoms with van der Waals surface area (Å²) in [6, 6.07) is 0. The van der Waals surface area contributed by atoms with Crippen LogP contribution in [0.15, 0.2) is 0 Å². The quantitative estimate of drug-likeness (QED) is 0.622. The van der Waals surface area contributed by atoms with Gasteiger partial charge in [0.05, 0.1) is 0 Å². The lowest BCUT2D eigenvalue weighted by Crippen LogP contribution is -2.03. The lowest BCUT2D eigenvalue weighted by Gasteiger charge is -1.90. The van der Waals surface area contributed by atoms with Crippen LogP contribution >= 0.6 is 0 Å². The zero-order valence-corrected chi connectivity index (χ0v) is 7.47. The van der Waals surface area contributed by atoms with Crippen LogP contribution in [0.1, 0.15) is 46.0 Å². The van der Waals surface area contributed by atoms with Gasteiger partial charge in [-0.2, -0.15) is 0 Å². The first-order valence-corrected chi connectivity index (χ1v) is 4.13. The molecule has 0 aromatic carbocycles. The fourth-order valence-electron chi connectivity index (χ4n) is 0.677. The summed E-state index contributed by atoms with van der Waals surface area (Å²) in [6.45, 7) is 4.49. The highest BCUT2D eigenvalue weighted by atomic mass is 16.4. The highest BCUT2D eigenvalue weighted by Gasteiger charge is 1.80. The molecule has 11 heavy (non-hydrogen) atoms. The average molecular weight is 161 g/mol. The molecule has 0 aliphatic rings. The van der Waals surface area contributed by atoms with Crippen molar-refractivity contribution < 1.29 is 9.90 Å². The van der Waals surface area contributed by atoms with Gasteiger partial charge in [-0.05, 0) is 0 Å². The summed E-state index contributed by atoms with van der Waals surface area (Å²) in [5.74, 6) is 0. The molecular formula is C8H19NO2. The number of hydrogen-bond donors (Lipinski definition) is 2. The molecule has 0 heterocycles. The van der Waals surface area contributed by atoms with Crippen LogP contribution in [-0.2, 0) is 0 Å². The van der Waals surface area contributed by atoms with Crippen LogP contribution in [0.25, 0.3) is 0 Å². The van der Waals surface area contributed by atoms with Gasteiger partial charge in [0.25, 0.3) is 0 Å². The minimum absolute atomic E-state index is 1.33. The Morgan fingerprint density at radius 1 is 1.18 bits per heavy atom. The first kappa shape index (κ1) is 12.9. The molecule has 0 aliphatic carbocycles. The molecule has 0 fully saturated rings. The van der Waals surface area contributed by atoms with E-state index in [1.165, 1.54) is 32.1 Å². The topological polar surface area (TPSA) is 63.3 Å². The van der Waals surface area contributed by atoms with Crippen LogP contribution < -0.4 is 5.73 Å². The van der Waals surface area contributed by atoms with E-state index in [-0.39, 0.29) is 0 Å². The van der Waals surface area contributed by atoms with Gasteiger partial charge >= 0.3 is 6.09 Å². The summed E-state index contributed by atoms with van der Waals surface area (Å²) in [5, 5.41) is 7.19. The van der Waals surface area contributed by atoms with E-state index in [2.05, 4.69) is 19.6 Å². The third-order valence-corrected chi connectivity index (χ3v) is 1.21. The normalized spacial score (nSPS) is 8.18. The maximum absolute atomic E-state index is 8.78. The highest BCUT2D eigenvalue weighted by molar-refractivity contribution is 5.61. The Morgan fingerprint density at radius 3 is 1.64 bits per heavy atom. The van der Waals surface area contributed by atoms with Gasteiger partial charge in [-0.25, -0.2) is 4.79 Å². The second-order valence-corrected chi connectivity index (χ2v) is 2.40. The van der Waals surface area contributed by atoms with Gasteiger partial charge in [0.15, 0.2) is 0 Å². The van der Waals surface area contributed by atoms with Crippen molar-refractivity contribution in [3.63, 3.8) is 0 Å². The van der Waals surface area contributed by atoms with E-state index in [0.29, 0.717) is 0 Å². The fraction of sp³-hybridized carbons (Fsp3) is 0.875. The Hall–Kier alpha value is -0.730. The minimum Gasteiger partial charge on any atom is -0.465 e. The van der Waals surface area contributed by atoms with Gasteiger partial charge in [-0.15, -0.1) is 0 Å². The Bertz CT molecular complexity index is 76.2. The smallest absolute Gasteiger partial charge is 0.402 e. The molecule has 0 aromatic rings. The molecule has 3 N–H and O–H groups in total. The lowest BCUT2D eigenvalue weighted by atomic mass is 10.2. The Balaban J connectivity index is 0. The SMILES string of the molecule is CCCCCCC.NC(=O)O. The molecule has 0 aromatic heterocycles. The Kier molecular flexibility index (Phi) is 14.1. The molecule has 0 aliphatic heterocycles. The van der Waals surface area contributed by atoms with E-state index < -0.39 is 6.09 Å². The van der Waals surface area contributed by atoms with Crippen molar-refractivity contribution in [2.75, 3.05) is 0 Å². The van der Waals surface area contributed by atoms with E-state index in [1.807, 2.05) is 0 Å². The summed E-state index contributed by atoms with van der Waals surface area (Å²) < 4.78 is 0. The first-order valence-electron chi connectivity index (χ1n) is 4.13. The van der Waals surface area contributed by atoms with Gasteiger partial charge in [0.1, 0.15) is 0 Å². The van der Waals surface area contributed by atoms with Gasteiger partial charge in [0.2, 0.25) is 0 Å². The van der Waals surface area contributed by atoms with Crippen LogP contribution in [0.3, 0.4) is 0 Å². The molecule has 0 atom stereocenters. The molecule has 0 saturated carbocycles. The summed E-state index contributed by atoms with van der Waals surface area (Å²) >= 11 is 0. The van der Waals surface area contributed by atoms with Crippen molar-refractivity contribution >= 4 is 6.09 Å². The average Bonchev–Trinajstić information content (AvgIpc) is 1.88. The van der Waals surface area contributed by atoms with E-state index in [4.69, 9.17) is 9.90 Å². The zero-order chi connectivity index (χ0) is 9.11. The number of unbranched alkanes of at least 4 members (excludes halogenated alkanes) is 4. The number of nitrogens with two attached hydrogens (primary N) is 1. The van der Waals surface area contributed by atoms with Crippen molar-refractivity contribution in [2.24, 2.45) is 5.73 Å². The van der Waals surface area contributed by atoms with Crippen molar-refractivity contribution in [3.05, 3.63) is 0 Å². The van der Waals surface area contributed by atoms with Crippen LogP contribution in [-0.4, -0.2) is 11.2 Å². The molecule has 0 radical (unpaired) electrons. The van der Waals surface area contributed by atoms with Gasteiger partial charge in [-0.1, -0.05) is 46.0 Å². The van der Waals surface area contributed by atoms with E-state index in [1.54, 1.807) is 0 Å². The van der Waals surface area contributed by atoms with Gasteiger partial charge < -0.3 is 10.8 Å². The fourth-order valence-corrected chi connectivity index (χ4v) is 0.677. The summed E-state index contributed by atoms with van der Waals surface area (Å²) in [7, 11) is 0. The third-order valence-electron chi connectivity index (χ3n) is 1.21. The number of carboxylic acid groups (broad SMARTS) is 1. The third kappa shape index (κ3) is 45.8. The van der Waals surface area contributed by atoms with Gasteiger partial charge in [0, 0.05) is 0 Å². The predicted octanol–water partition coefficient (Wildman–Crippen LogP) is 2.60. The number of carbonyl (C=O) groups is 1. The van der Waals surface area contributed by atoms with E-state index in [0.717, 1.165) is 0 Å². The lowest BCUT2D eigenvalue weighted by molar-refractivity contribution is 0.205. The number of rotatable bonds is 4. The van der Waals surface area contributed by atoms with Crippen molar-refractivity contribution in [2.45, 2.75) is 46.0 Å². The summed E-state index contributed by atoms with van der Waals surface area (Å²) in [6.07, 6.45) is 5.68. The van der Waals surface area contributed by atoms with Crippen LogP contribution in [0, 0.1) is 0 Å². The van der Waals surface area contributed by atoms with E-state index in [9.17, 15) is 0 Å².